The third kappa shape index (κ3) is 2.12. The minimum absolute atomic E-state index is 0.279. The van der Waals surface area contributed by atoms with Gasteiger partial charge in [0.1, 0.15) is 5.03 Å². The standard InChI is InChI=1S/C11H19N3O2S/c1-11(9-12-2)6-4-8-14(11)17(15,16)10-5-3-7-13-10/h3,5,7,12-13H,4,6,8-9H2,1-2H3. The van der Waals surface area contributed by atoms with Crippen LogP contribution in [-0.2, 0) is 10.0 Å². The summed E-state index contributed by atoms with van der Waals surface area (Å²) in [6.45, 7) is 3.27. The van der Waals surface area contributed by atoms with Crippen molar-refractivity contribution in [3.05, 3.63) is 18.3 Å². The Morgan fingerprint density at radius 3 is 2.94 bits per heavy atom. The average Bonchev–Trinajstić information content (AvgIpc) is 2.87. The average molecular weight is 257 g/mol. The minimum atomic E-state index is -3.39. The second-order valence-electron chi connectivity index (χ2n) is 4.74. The monoisotopic (exact) mass is 257 g/mol. The summed E-state index contributed by atoms with van der Waals surface area (Å²) in [5.41, 5.74) is -0.321. The van der Waals surface area contributed by atoms with E-state index in [2.05, 4.69) is 10.3 Å². The zero-order chi connectivity index (χ0) is 12.5. The first-order valence-electron chi connectivity index (χ1n) is 5.81. The zero-order valence-corrected chi connectivity index (χ0v) is 11.0. The predicted octanol–water partition coefficient (Wildman–Crippen LogP) is 0.777. The molecule has 17 heavy (non-hydrogen) atoms. The maximum Gasteiger partial charge on any atom is 0.259 e. The number of hydrogen-bond acceptors (Lipinski definition) is 3. The fourth-order valence-corrected chi connectivity index (χ4v) is 4.37. The molecule has 1 unspecified atom stereocenters. The van der Waals surface area contributed by atoms with E-state index in [-0.39, 0.29) is 10.6 Å². The number of rotatable bonds is 4. The topological polar surface area (TPSA) is 65.2 Å². The molecule has 2 N–H and O–H groups in total. The van der Waals surface area contributed by atoms with E-state index >= 15 is 0 Å². The molecule has 6 heteroatoms. The predicted molar refractivity (Wildman–Crippen MR) is 66.3 cm³/mol. The number of aromatic nitrogens is 1. The first-order chi connectivity index (χ1) is 8.00. The first-order valence-corrected chi connectivity index (χ1v) is 7.25. The molecule has 5 nitrogen and oxygen atoms in total. The van der Waals surface area contributed by atoms with Crippen molar-refractivity contribution in [2.24, 2.45) is 0 Å². The van der Waals surface area contributed by atoms with Crippen LogP contribution in [0.3, 0.4) is 0 Å². The highest BCUT2D eigenvalue weighted by atomic mass is 32.2. The summed E-state index contributed by atoms with van der Waals surface area (Å²) < 4.78 is 26.5. The molecular formula is C11H19N3O2S. The lowest BCUT2D eigenvalue weighted by Crippen LogP contribution is -2.50. The van der Waals surface area contributed by atoms with Crippen LogP contribution in [0.4, 0.5) is 0 Å². The maximum absolute atomic E-state index is 12.5. The van der Waals surface area contributed by atoms with Crippen molar-refractivity contribution in [3.8, 4) is 0 Å². The van der Waals surface area contributed by atoms with Gasteiger partial charge in [0.05, 0.1) is 0 Å². The highest BCUT2D eigenvalue weighted by Gasteiger charge is 2.44. The normalized spacial score (nSPS) is 26.5. The van der Waals surface area contributed by atoms with Crippen LogP contribution in [0, 0.1) is 0 Å². The van der Waals surface area contributed by atoms with Crippen molar-refractivity contribution < 1.29 is 8.42 Å². The molecule has 0 amide bonds. The minimum Gasteiger partial charge on any atom is -0.351 e. The number of nitrogens with zero attached hydrogens (tertiary/aromatic N) is 1. The number of likely N-dealkylation sites (N-methyl/N-ethyl adjacent to an activating group) is 1. The number of H-pyrrole nitrogens is 1. The van der Waals surface area contributed by atoms with Gasteiger partial charge < -0.3 is 10.3 Å². The molecule has 2 heterocycles. The molecule has 96 valence electrons. The molecule has 1 atom stereocenters. The van der Waals surface area contributed by atoms with E-state index in [0.29, 0.717) is 13.1 Å². The van der Waals surface area contributed by atoms with Crippen molar-refractivity contribution in [2.45, 2.75) is 30.3 Å². The van der Waals surface area contributed by atoms with Gasteiger partial charge >= 0.3 is 0 Å². The molecule has 0 saturated carbocycles. The number of aromatic amines is 1. The largest absolute Gasteiger partial charge is 0.351 e. The van der Waals surface area contributed by atoms with E-state index < -0.39 is 10.0 Å². The fourth-order valence-electron chi connectivity index (χ4n) is 2.56. The molecule has 0 radical (unpaired) electrons. The Morgan fingerprint density at radius 1 is 1.59 bits per heavy atom. The van der Waals surface area contributed by atoms with Gasteiger partial charge in [0, 0.05) is 24.8 Å². The molecule has 2 rings (SSSR count). The Labute approximate surface area is 102 Å². The smallest absolute Gasteiger partial charge is 0.259 e. The van der Waals surface area contributed by atoms with Crippen LogP contribution >= 0.6 is 0 Å². The van der Waals surface area contributed by atoms with E-state index in [0.717, 1.165) is 12.8 Å². The van der Waals surface area contributed by atoms with Crippen molar-refractivity contribution >= 4 is 10.0 Å². The van der Waals surface area contributed by atoms with E-state index in [1.165, 1.54) is 0 Å². The zero-order valence-electron chi connectivity index (χ0n) is 10.2. The van der Waals surface area contributed by atoms with Crippen LogP contribution in [0.2, 0.25) is 0 Å². The second kappa shape index (κ2) is 4.44. The van der Waals surface area contributed by atoms with Crippen molar-refractivity contribution in [2.75, 3.05) is 20.1 Å². The molecule has 1 aromatic heterocycles. The summed E-state index contributed by atoms with van der Waals surface area (Å²) in [6, 6.07) is 3.31. The lowest BCUT2D eigenvalue weighted by Gasteiger charge is -2.33. The third-order valence-corrected chi connectivity index (χ3v) is 5.39. The van der Waals surface area contributed by atoms with Crippen molar-refractivity contribution in [1.82, 2.24) is 14.6 Å². The lowest BCUT2D eigenvalue weighted by atomic mass is 10.0. The van der Waals surface area contributed by atoms with Crippen LogP contribution in [0.25, 0.3) is 0 Å². The van der Waals surface area contributed by atoms with Crippen LogP contribution in [-0.4, -0.2) is 43.4 Å². The highest BCUT2D eigenvalue weighted by Crippen LogP contribution is 2.33. The quantitative estimate of drug-likeness (QED) is 0.837. The Balaban J connectivity index is 2.34. The summed E-state index contributed by atoms with van der Waals surface area (Å²) in [6.07, 6.45) is 3.45. The molecule has 0 bridgehead atoms. The Hall–Kier alpha value is -0.850. The molecule has 1 saturated heterocycles. The van der Waals surface area contributed by atoms with Gasteiger partial charge in [0.2, 0.25) is 0 Å². The lowest BCUT2D eigenvalue weighted by molar-refractivity contribution is 0.259. The highest BCUT2D eigenvalue weighted by molar-refractivity contribution is 7.89. The van der Waals surface area contributed by atoms with Gasteiger partial charge in [-0.3, -0.25) is 0 Å². The summed E-state index contributed by atoms with van der Waals surface area (Å²) >= 11 is 0. The molecule has 1 aliphatic heterocycles. The molecule has 1 aliphatic rings. The Bertz CT molecular complexity index is 469. The van der Waals surface area contributed by atoms with Gasteiger partial charge in [-0.15, -0.1) is 0 Å². The van der Waals surface area contributed by atoms with Crippen molar-refractivity contribution in [3.63, 3.8) is 0 Å². The van der Waals surface area contributed by atoms with Gasteiger partial charge in [-0.1, -0.05) is 0 Å². The molecule has 1 fully saturated rings. The molecular weight excluding hydrogens is 238 g/mol. The van der Waals surface area contributed by atoms with Gasteiger partial charge in [0.15, 0.2) is 0 Å². The van der Waals surface area contributed by atoms with Crippen LogP contribution in [0.1, 0.15) is 19.8 Å². The Morgan fingerprint density at radius 2 is 2.35 bits per heavy atom. The van der Waals surface area contributed by atoms with Gasteiger partial charge in [-0.2, -0.15) is 4.31 Å². The summed E-state index contributed by atoms with van der Waals surface area (Å²) in [4.78, 5) is 2.78. The SMILES string of the molecule is CNCC1(C)CCCN1S(=O)(=O)c1ccc[nH]1. The summed E-state index contributed by atoms with van der Waals surface area (Å²) in [5, 5.41) is 3.36. The van der Waals surface area contributed by atoms with Gasteiger partial charge in [-0.25, -0.2) is 8.42 Å². The maximum atomic E-state index is 12.5. The van der Waals surface area contributed by atoms with Crippen LogP contribution in [0.15, 0.2) is 23.4 Å². The molecule has 0 aromatic carbocycles. The van der Waals surface area contributed by atoms with Crippen molar-refractivity contribution in [1.29, 1.82) is 0 Å². The van der Waals surface area contributed by atoms with Crippen LogP contribution in [0.5, 0.6) is 0 Å². The van der Waals surface area contributed by atoms with E-state index in [4.69, 9.17) is 0 Å². The molecule has 0 spiro atoms. The fraction of sp³-hybridized carbons (Fsp3) is 0.636. The molecule has 1 aromatic rings. The number of sulfonamides is 1. The third-order valence-electron chi connectivity index (χ3n) is 3.37. The van der Waals surface area contributed by atoms with Crippen LogP contribution < -0.4 is 5.32 Å². The van der Waals surface area contributed by atoms with E-state index in [1.807, 2.05) is 14.0 Å². The summed E-state index contributed by atoms with van der Waals surface area (Å²) in [7, 11) is -1.54. The summed E-state index contributed by atoms with van der Waals surface area (Å²) in [5.74, 6) is 0. The van der Waals surface area contributed by atoms with E-state index in [9.17, 15) is 8.42 Å². The second-order valence-corrected chi connectivity index (χ2v) is 6.57. The number of hydrogen-bond donors (Lipinski definition) is 2. The first kappa shape index (κ1) is 12.6. The van der Waals surface area contributed by atoms with Gasteiger partial charge in [0.25, 0.3) is 10.0 Å². The van der Waals surface area contributed by atoms with E-state index in [1.54, 1.807) is 22.6 Å². The number of nitrogens with one attached hydrogen (secondary N) is 2. The molecule has 0 aliphatic carbocycles. The Kier molecular flexibility index (Phi) is 3.29. The van der Waals surface area contributed by atoms with Gasteiger partial charge in [-0.05, 0) is 38.9 Å².